The highest BCUT2D eigenvalue weighted by Gasteiger charge is 2.09. The summed E-state index contributed by atoms with van der Waals surface area (Å²) in [7, 11) is 1.69. The van der Waals surface area contributed by atoms with E-state index in [2.05, 4.69) is 0 Å². The molecule has 0 spiro atoms. The van der Waals surface area contributed by atoms with Crippen LogP contribution in [0.2, 0.25) is 0 Å². The van der Waals surface area contributed by atoms with Gasteiger partial charge in [-0.05, 0) is 36.4 Å². The first-order chi connectivity index (χ1) is 10.6. The lowest BCUT2D eigenvalue weighted by atomic mass is 10.3. The van der Waals surface area contributed by atoms with Crippen molar-refractivity contribution in [3.8, 4) is 11.5 Å². The van der Waals surface area contributed by atoms with Crippen molar-refractivity contribution in [1.29, 1.82) is 0 Å². The second kappa shape index (κ2) is 8.02. The van der Waals surface area contributed by atoms with E-state index in [0.717, 1.165) is 0 Å². The second-order valence-electron chi connectivity index (χ2n) is 4.72. The van der Waals surface area contributed by atoms with Crippen LogP contribution in [0.4, 0.5) is 4.39 Å². The van der Waals surface area contributed by atoms with E-state index < -0.39 is 0 Å². The Morgan fingerprint density at radius 2 is 1.64 bits per heavy atom. The smallest absolute Gasteiger partial charge is 0.260 e. The van der Waals surface area contributed by atoms with Crippen LogP contribution in [0.1, 0.15) is 0 Å². The first-order valence-corrected chi connectivity index (χ1v) is 6.95. The van der Waals surface area contributed by atoms with Crippen LogP contribution in [0.25, 0.3) is 0 Å². The molecule has 0 saturated heterocycles. The maximum absolute atomic E-state index is 12.7. The van der Waals surface area contributed by atoms with Gasteiger partial charge in [-0.1, -0.05) is 18.2 Å². The average molecular weight is 303 g/mol. The van der Waals surface area contributed by atoms with Gasteiger partial charge in [0.1, 0.15) is 23.9 Å². The zero-order valence-electron chi connectivity index (χ0n) is 12.4. The molecule has 0 unspecified atom stereocenters. The molecule has 116 valence electrons. The molecule has 22 heavy (non-hydrogen) atoms. The van der Waals surface area contributed by atoms with Crippen molar-refractivity contribution >= 4 is 5.91 Å². The molecule has 0 fully saturated rings. The van der Waals surface area contributed by atoms with Crippen LogP contribution < -0.4 is 9.47 Å². The quantitative estimate of drug-likeness (QED) is 0.789. The Kier molecular flexibility index (Phi) is 5.77. The van der Waals surface area contributed by atoms with Crippen LogP contribution >= 0.6 is 0 Å². The molecule has 0 radical (unpaired) electrons. The monoisotopic (exact) mass is 303 g/mol. The molecule has 1 amide bonds. The molecule has 0 aliphatic carbocycles. The molecule has 0 saturated carbocycles. The van der Waals surface area contributed by atoms with Gasteiger partial charge in [0.15, 0.2) is 6.61 Å². The second-order valence-corrected chi connectivity index (χ2v) is 4.72. The third-order valence-electron chi connectivity index (χ3n) is 3.04. The maximum atomic E-state index is 12.7. The fourth-order valence-corrected chi connectivity index (χ4v) is 1.73. The molecule has 0 bridgehead atoms. The van der Waals surface area contributed by atoms with Crippen molar-refractivity contribution in [3.05, 3.63) is 60.4 Å². The van der Waals surface area contributed by atoms with E-state index in [9.17, 15) is 9.18 Å². The summed E-state index contributed by atoms with van der Waals surface area (Å²) in [6.45, 7) is 0.741. The zero-order chi connectivity index (χ0) is 15.8. The Morgan fingerprint density at radius 1 is 1.00 bits per heavy atom. The number of para-hydroxylation sites is 1. The van der Waals surface area contributed by atoms with Crippen molar-refractivity contribution < 1.29 is 18.7 Å². The highest BCUT2D eigenvalue weighted by Crippen LogP contribution is 2.11. The molecular formula is C17H18FNO3. The highest BCUT2D eigenvalue weighted by molar-refractivity contribution is 5.77. The minimum absolute atomic E-state index is 0.0168. The topological polar surface area (TPSA) is 38.8 Å². The number of benzene rings is 2. The van der Waals surface area contributed by atoms with E-state index in [4.69, 9.17) is 9.47 Å². The standard InChI is InChI=1S/C17H18FNO3/c1-19(11-12-21-16-9-7-14(18)8-10-16)17(20)13-22-15-5-3-2-4-6-15/h2-10H,11-13H2,1H3. The Labute approximate surface area is 129 Å². The summed E-state index contributed by atoms with van der Waals surface area (Å²) in [6, 6.07) is 14.9. The van der Waals surface area contributed by atoms with Gasteiger partial charge in [-0.15, -0.1) is 0 Å². The van der Waals surface area contributed by atoms with E-state index in [-0.39, 0.29) is 18.3 Å². The van der Waals surface area contributed by atoms with Crippen molar-refractivity contribution in [2.45, 2.75) is 0 Å². The first-order valence-electron chi connectivity index (χ1n) is 6.95. The van der Waals surface area contributed by atoms with Gasteiger partial charge >= 0.3 is 0 Å². The van der Waals surface area contributed by atoms with E-state index in [1.165, 1.54) is 17.0 Å². The Morgan fingerprint density at radius 3 is 2.32 bits per heavy atom. The van der Waals surface area contributed by atoms with Crippen LogP contribution in [0.3, 0.4) is 0 Å². The molecule has 4 nitrogen and oxygen atoms in total. The predicted octanol–water partition coefficient (Wildman–Crippen LogP) is 2.74. The average Bonchev–Trinajstić information content (AvgIpc) is 2.55. The number of ether oxygens (including phenoxy) is 2. The molecule has 5 heteroatoms. The highest BCUT2D eigenvalue weighted by atomic mass is 19.1. The molecule has 0 N–H and O–H groups in total. The molecule has 0 heterocycles. The number of halogens is 1. The maximum Gasteiger partial charge on any atom is 0.260 e. The van der Waals surface area contributed by atoms with Crippen LogP contribution in [0.5, 0.6) is 11.5 Å². The normalized spacial score (nSPS) is 10.1. The Bertz CT molecular complexity index is 587. The first kappa shape index (κ1) is 15.8. The number of carbonyl (C=O) groups excluding carboxylic acids is 1. The van der Waals surface area contributed by atoms with E-state index in [1.54, 1.807) is 31.3 Å². The summed E-state index contributed by atoms with van der Waals surface area (Å²) >= 11 is 0. The molecule has 0 atom stereocenters. The number of hydrogen-bond acceptors (Lipinski definition) is 3. The Hall–Kier alpha value is -2.56. The number of rotatable bonds is 7. The van der Waals surface area contributed by atoms with Crippen LogP contribution in [-0.2, 0) is 4.79 Å². The van der Waals surface area contributed by atoms with Gasteiger partial charge in [0, 0.05) is 7.05 Å². The molecule has 0 aromatic heterocycles. The van der Waals surface area contributed by atoms with Crippen LogP contribution in [0.15, 0.2) is 54.6 Å². The van der Waals surface area contributed by atoms with Gasteiger partial charge in [0.2, 0.25) is 0 Å². The number of amides is 1. The van der Waals surface area contributed by atoms with Gasteiger partial charge in [0.05, 0.1) is 6.54 Å². The van der Waals surface area contributed by atoms with Crippen LogP contribution in [0, 0.1) is 5.82 Å². The van der Waals surface area contributed by atoms with E-state index >= 15 is 0 Å². The van der Waals surface area contributed by atoms with E-state index in [0.29, 0.717) is 24.7 Å². The summed E-state index contributed by atoms with van der Waals surface area (Å²) in [5.41, 5.74) is 0. The van der Waals surface area contributed by atoms with Gasteiger partial charge in [-0.25, -0.2) is 4.39 Å². The third kappa shape index (κ3) is 5.09. The molecule has 0 aliphatic rings. The lowest BCUT2D eigenvalue weighted by Crippen LogP contribution is -2.34. The SMILES string of the molecule is CN(CCOc1ccc(F)cc1)C(=O)COc1ccccc1. The summed E-state index contributed by atoms with van der Waals surface area (Å²) in [6.07, 6.45) is 0. The fraction of sp³-hybridized carbons (Fsp3) is 0.235. The predicted molar refractivity (Wildman–Crippen MR) is 81.5 cm³/mol. The van der Waals surface area contributed by atoms with Crippen molar-refractivity contribution in [1.82, 2.24) is 4.90 Å². The summed E-state index contributed by atoms with van der Waals surface area (Å²) in [4.78, 5) is 13.4. The zero-order valence-corrected chi connectivity index (χ0v) is 12.4. The largest absolute Gasteiger partial charge is 0.492 e. The fourth-order valence-electron chi connectivity index (χ4n) is 1.73. The van der Waals surface area contributed by atoms with Crippen LogP contribution in [-0.4, -0.2) is 37.6 Å². The lowest BCUT2D eigenvalue weighted by molar-refractivity contribution is -0.132. The minimum atomic E-state index is -0.308. The third-order valence-corrected chi connectivity index (χ3v) is 3.04. The van der Waals surface area contributed by atoms with E-state index in [1.807, 2.05) is 18.2 Å². The van der Waals surface area contributed by atoms with Crippen molar-refractivity contribution in [2.24, 2.45) is 0 Å². The molecule has 0 aliphatic heterocycles. The van der Waals surface area contributed by atoms with Crippen molar-refractivity contribution in [2.75, 3.05) is 26.8 Å². The number of nitrogens with zero attached hydrogens (tertiary/aromatic N) is 1. The van der Waals surface area contributed by atoms with Gasteiger partial charge in [-0.2, -0.15) is 0 Å². The van der Waals surface area contributed by atoms with Gasteiger partial charge in [-0.3, -0.25) is 4.79 Å². The molecular weight excluding hydrogens is 285 g/mol. The molecule has 2 rings (SSSR count). The number of carbonyl (C=O) groups is 1. The summed E-state index contributed by atoms with van der Waals surface area (Å²) in [5.74, 6) is 0.791. The van der Waals surface area contributed by atoms with Gasteiger partial charge < -0.3 is 14.4 Å². The van der Waals surface area contributed by atoms with Crippen molar-refractivity contribution in [3.63, 3.8) is 0 Å². The molecule has 2 aromatic rings. The Balaban J connectivity index is 1.69. The minimum Gasteiger partial charge on any atom is -0.492 e. The molecule has 2 aromatic carbocycles. The summed E-state index contributed by atoms with van der Waals surface area (Å²) < 4.78 is 23.6. The lowest BCUT2D eigenvalue weighted by Gasteiger charge is -2.17. The summed E-state index contributed by atoms with van der Waals surface area (Å²) in [5, 5.41) is 0. The number of likely N-dealkylation sites (N-methyl/N-ethyl adjacent to an activating group) is 1. The van der Waals surface area contributed by atoms with Gasteiger partial charge in [0.25, 0.3) is 5.91 Å². The number of hydrogen-bond donors (Lipinski definition) is 0.